The number of benzene rings is 1. The van der Waals surface area contributed by atoms with E-state index in [9.17, 15) is 4.79 Å². The zero-order chi connectivity index (χ0) is 22.5. The Morgan fingerprint density at radius 3 is 2.81 bits per heavy atom. The van der Waals surface area contributed by atoms with Crippen LogP contribution in [0.5, 0.6) is 5.75 Å². The molecule has 0 unspecified atom stereocenters. The van der Waals surface area contributed by atoms with Crippen molar-refractivity contribution in [1.29, 1.82) is 0 Å². The number of aryl methyl sites for hydroxylation is 2. The Kier molecular flexibility index (Phi) is 6.35. The number of rotatable bonds is 8. The summed E-state index contributed by atoms with van der Waals surface area (Å²) in [6, 6.07) is 15.6. The first-order valence-corrected chi connectivity index (χ1v) is 10.7. The minimum atomic E-state index is -0.0957. The molecule has 1 aromatic carbocycles. The van der Waals surface area contributed by atoms with E-state index >= 15 is 0 Å². The lowest BCUT2D eigenvalue weighted by Crippen LogP contribution is -2.38. The molecule has 0 aliphatic heterocycles. The van der Waals surface area contributed by atoms with Gasteiger partial charge in [-0.15, -0.1) is 0 Å². The molecule has 0 radical (unpaired) electrons. The number of ether oxygens (including phenoxy) is 1. The summed E-state index contributed by atoms with van der Waals surface area (Å²) in [6.45, 7) is 3.53. The molecule has 7 heteroatoms. The van der Waals surface area contributed by atoms with Crippen molar-refractivity contribution < 1.29 is 14.1 Å². The van der Waals surface area contributed by atoms with Crippen molar-refractivity contribution in [3.05, 3.63) is 78.4 Å². The second-order valence-corrected chi connectivity index (χ2v) is 7.60. The van der Waals surface area contributed by atoms with Crippen LogP contribution >= 0.6 is 0 Å². The van der Waals surface area contributed by atoms with Crippen LogP contribution in [0, 0.1) is 6.92 Å². The molecule has 0 saturated carbocycles. The summed E-state index contributed by atoms with van der Waals surface area (Å²) in [5.74, 6) is 0.686. The van der Waals surface area contributed by atoms with E-state index < -0.39 is 0 Å². The van der Waals surface area contributed by atoms with Gasteiger partial charge in [-0.3, -0.25) is 9.20 Å². The van der Waals surface area contributed by atoms with Gasteiger partial charge in [0, 0.05) is 62.1 Å². The Bertz CT molecular complexity index is 1250. The molecule has 4 rings (SSSR count). The number of anilines is 1. The third-order valence-electron chi connectivity index (χ3n) is 5.56. The van der Waals surface area contributed by atoms with Crippen LogP contribution in [0.15, 0.2) is 67.1 Å². The quantitative estimate of drug-likeness (QED) is 0.332. The number of hydrogen-bond acceptors (Lipinski definition) is 4. The second-order valence-electron chi connectivity index (χ2n) is 7.60. The number of aromatic nitrogens is 3. The van der Waals surface area contributed by atoms with Crippen LogP contribution < -0.4 is 19.9 Å². The van der Waals surface area contributed by atoms with Crippen molar-refractivity contribution >= 4 is 17.2 Å². The van der Waals surface area contributed by atoms with Crippen molar-refractivity contribution in [2.24, 2.45) is 0 Å². The molecule has 2 N–H and O–H groups in total. The van der Waals surface area contributed by atoms with E-state index in [-0.39, 0.29) is 5.91 Å². The molecule has 0 aliphatic rings. The van der Waals surface area contributed by atoms with Crippen molar-refractivity contribution in [2.45, 2.75) is 19.9 Å². The van der Waals surface area contributed by atoms with Gasteiger partial charge in [-0.2, -0.15) is 0 Å². The first kappa shape index (κ1) is 21.4. The Morgan fingerprint density at radius 1 is 1.19 bits per heavy atom. The van der Waals surface area contributed by atoms with Crippen LogP contribution in [0.2, 0.25) is 0 Å². The molecule has 0 aliphatic carbocycles. The van der Waals surface area contributed by atoms with Gasteiger partial charge in [0.1, 0.15) is 17.9 Å². The maximum Gasteiger partial charge on any atom is 0.251 e. The van der Waals surface area contributed by atoms with Gasteiger partial charge < -0.3 is 15.4 Å². The Balaban J connectivity index is 1.40. The summed E-state index contributed by atoms with van der Waals surface area (Å²) in [5.41, 5.74) is 5.46. The molecular formula is C25H28N5O2+. The number of imidazole rings is 1. The molecule has 164 valence electrons. The molecule has 7 nitrogen and oxygen atoms in total. The third-order valence-corrected chi connectivity index (χ3v) is 5.56. The van der Waals surface area contributed by atoms with Crippen LogP contribution in [0.1, 0.15) is 22.5 Å². The predicted molar refractivity (Wildman–Crippen MR) is 125 cm³/mol. The monoisotopic (exact) mass is 430 g/mol. The summed E-state index contributed by atoms with van der Waals surface area (Å²) in [5, 5.41) is 6.15. The van der Waals surface area contributed by atoms with E-state index in [0.29, 0.717) is 17.8 Å². The lowest BCUT2D eigenvalue weighted by atomic mass is 10.1. The van der Waals surface area contributed by atoms with Crippen molar-refractivity contribution in [1.82, 2.24) is 14.7 Å². The minimum Gasteiger partial charge on any atom is -0.496 e. The van der Waals surface area contributed by atoms with Gasteiger partial charge in [-0.25, -0.2) is 9.55 Å². The summed E-state index contributed by atoms with van der Waals surface area (Å²) in [4.78, 5) is 17.1. The minimum absolute atomic E-state index is 0.0957. The van der Waals surface area contributed by atoms with Crippen molar-refractivity contribution in [3.63, 3.8) is 0 Å². The first-order valence-electron chi connectivity index (χ1n) is 10.7. The summed E-state index contributed by atoms with van der Waals surface area (Å²) in [6.07, 6.45) is 6.59. The fraction of sp³-hybridized carbons (Fsp3) is 0.240. The SMILES string of the molecule is CNc1cc[n+](CCCNC(=O)c2ccn3c(-c4ccccc4OC)cnc3c2)c(C)c1. The third kappa shape index (κ3) is 4.42. The van der Waals surface area contributed by atoms with Crippen molar-refractivity contribution in [3.8, 4) is 17.0 Å². The zero-order valence-electron chi connectivity index (χ0n) is 18.6. The molecular weight excluding hydrogens is 402 g/mol. The number of carbonyl (C=O) groups excluding carboxylic acids is 1. The Morgan fingerprint density at radius 2 is 2.03 bits per heavy atom. The van der Waals surface area contributed by atoms with Crippen LogP contribution in [0.3, 0.4) is 0 Å². The average Bonchev–Trinajstić information content (AvgIpc) is 3.25. The lowest BCUT2D eigenvalue weighted by Gasteiger charge is -2.09. The van der Waals surface area contributed by atoms with Gasteiger partial charge in [-0.05, 0) is 24.3 Å². The van der Waals surface area contributed by atoms with E-state index in [1.54, 1.807) is 13.3 Å². The van der Waals surface area contributed by atoms with Crippen LogP contribution in [0.4, 0.5) is 5.69 Å². The number of nitrogens with zero attached hydrogens (tertiary/aromatic N) is 3. The maximum atomic E-state index is 12.6. The number of amides is 1. The fourth-order valence-electron chi connectivity index (χ4n) is 3.78. The highest BCUT2D eigenvalue weighted by Crippen LogP contribution is 2.30. The number of nitrogens with one attached hydrogen (secondary N) is 2. The fourth-order valence-corrected chi connectivity index (χ4v) is 3.78. The largest absolute Gasteiger partial charge is 0.496 e. The molecule has 3 aromatic heterocycles. The van der Waals surface area contributed by atoms with Gasteiger partial charge in [0.25, 0.3) is 5.91 Å². The number of para-hydroxylation sites is 1. The topological polar surface area (TPSA) is 71.5 Å². The number of hydrogen-bond donors (Lipinski definition) is 2. The molecule has 1 amide bonds. The van der Waals surface area contributed by atoms with Gasteiger partial charge in [0.15, 0.2) is 11.9 Å². The van der Waals surface area contributed by atoms with E-state index in [1.807, 2.05) is 60.1 Å². The number of pyridine rings is 2. The van der Waals surface area contributed by atoms with Gasteiger partial charge >= 0.3 is 0 Å². The average molecular weight is 431 g/mol. The van der Waals surface area contributed by atoms with Gasteiger partial charge in [0.2, 0.25) is 0 Å². The smallest absolute Gasteiger partial charge is 0.251 e. The van der Waals surface area contributed by atoms with Crippen molar-refractivity contribution in [2.75, 3.05) is 26.0 Å². The molecule has 4 aromatic rings. The van der Waals surface area contributed by atoms with Gasteiger partial charge in [0.05, 0.1) is 19.0 Å². The second kappa shape index (κ2) is 9.51. The van der Waals surface area contributed by atoms with Gasteiger partial charge in [-0.1, -0.05) is 12.1 Å². The number of carbonyl (C=O) groups is 1. The normalized spacial score (nSPS) is 10.8. The standard InChI is InChI=1S/C25H27N5O2/c1-18-15-20(26-2)10-13-29(18)12-6-11-27-25(31)19-9-14-30-22(17-28-24(30)16-19)21-7-4-5-8-23(21)32-3/h4-5,7-10,13-17H,6,11-12H2,1-3H3,(H,27,31)/p+1. The highest BCUT2D eigenvalue weighted by molar-refractivity contribution is 5.95. The molecule has 0 atom stereocenters. The van der Waals surface area contributed by atoms with Crippen LogP contribution in [-0.2, 0) is 6.54 Å². The van der Waals surface area contributed by atoms with E-state index in [4.69, 9.17) is 4.74 Å². The molecule has 32 heavy (non-hydrogen) atoms. The van der Waals surface area contributed by atoms with E-state index in [1.165, 1.54) is 5.69 Å². The molecule has 3 heterocycles. The number of methoxy groups -OCH3 is 1. The lowest BCUT2D eigenvalue weighted by molar-refractivity contribution is -0.702. The molecule has 0 saturated heterocycles. The van der Waals surface area contributed by atoms with E-state index in [0.717, 1.165) is 35.7 Å². The van der Waals surface area contributed by atoms with E-state index in [2.05, 4.69) is 39.4 Å². The summed E-state index contributed by atoms with van der Waals surface area (Å²) >= 11 is 0. The molecule has 0 fully saturated rings. The number of fused-ring (bicyclic) bond motifs is 1. The molecule has 0 bridgehead atoms. The Hall–Kier alpha value is -3.87. The highest BCUT2D eigenvalue weighted by atomic mass is 16.5. The van der Waals surface area contributed by atoms with Crippen LogP contribution in [0.25, 0.3) is 16.9 Å². The highest BCUT2D eigenvalue weighted by Gasteiger charge is 2.13. The maximum absolute atomic E-state index is 12.6. The molecule has 0 spiro atoms. The first-order chi connectivity index (χ1) is 15.6. The van der Waals surface area contributed by atoms with Crippen LogP contribution in [-0.4, -0.2) is 36.0 Å². The Labute approximate surface area is 187 Å². The zero-order valence-corrected chi connectivity index (χ0v) is 18.6. The summed E-state index contributed by atoms with van der Waals surface area (Å²) in [7, 11) is 3.57. The predicted octanol–water partition coefficient (Wildman–Crippen LogP) is 3.47. The summed E-state index contributed by atoms with van der Waals surface area (Å²) < 4.78 is 9.62.